The predicted octanol–water partition coefficient (Wildman–Crippen LogP) is 1.17. The number of carbonyl (C=O) groups is 1. The van der Waals surface area contributed by atoms with E-state index in [-0.39, 0.29) is 17.4 Å². The van der Waals surface area contributed by atoms with Crippen LogP contribution < -0.4 is 11.1 Å². The van der Waals surface area contributed by atoms with Crippen molar-refractivity contribution in [3.63, 3.8) is 0 Å². The highest BCUT2D eigenvalue weighted by atomic mass is 32.1. The second kappa shape index (κ2) is 5.96. The smallest absolute Gasteiger partial charge is 0.270 e. The average Bonchev–Trinajstić information content (AvgIpc) is 2.97. The van der Waals surface area contributed by atoms with Crippen LogP contribution in [0.1, 0.15) is 20.9 Å². The van der Waals surface area contributed by atoms with Gasteiger partial charge in [0.1, 0.15) is 5.69 Å². The van der Waals surface area contributed by atoms with Crippen LogP contribution in [0.25, 0.3) is 0 Å². The highest BCUT2D eigenvalue weighted by Gasteiger charge is 2.08. The minimum absolute atomic E-state index is 0.0435. The van der Waals surface area contributed by atoms with Gasteiger partial charge in [-0.2, -0.15) is 0 Å². The molecule has 19 heavy (non-hydrogen) atoms. The van der Waals surface area contributed by atoms with Gasteiger partial charge >= 0.3 is 0 Å². The molecule has 0 spiro atoms. The van der Waals surface area contributed by atoms with Crippen LogP contribution in [0.4, 0.5) is 0 Å². The maximum absolute atomic E-state index is 11.8. The van der Waals surface area contributed by atoms with E-state index in [4.69, 9.17) is 10.9 Å². The summed E-state index contributed by atoms with van der Waals surface area (Å²) < 4.78 is 0. The molecule has 0 aliphatic heterocycles. The number of hydrogen-bond donors (Lipinski definition) is 3. The van der Waals surface area contributed by atoms with Crippen LogP contribution in [0.3, 0.4) is 0 Å². The number of nitrogens with two attached hydrogens (primary N) is 1. The summed E-state index contributed by atoms with van der Waals surface area (Å²) in [5.74, 6) is -0.308. The van der Waals surface area contributed by atoms with Gasteiger partial charge in [0.2, 0.25) is 0 Å². The molecule has 6 nitrogen and oxygen atoms in total. The van der Waals surface area contributed by atoms with Gasteiger partial charge in [-0.3, -0.25) is 9.78 Å². The summed E-state index contributed by atoms with van der Waals surface area (Å²) in [7, 11) is 0. The molecule has 2 rings (SSSR count). The first-order valence-corrected chi connectivity index (χ1v) is 6.33. The first-order chi connectivity index (χ1) is 9.20. The number of amides is 1. The number of amidine groups is 1. The number of nitrogens with one attached hydrogen (secondary N) is 1. The van der Waals surface area contributed by atoms with Gasteiger partial charge in [0.15, 0.2) is 5.84 Å². The molecule has 4 N–H and O–H groups in total. The Kier molecular flexibility index (Phi) is 4.09. The number of rotatable bonds is 4. The topological polar surface area (TPSA) is 101 Å². The number of hydrogen-bond acceptors (Lipinski definition) is 5. The van der Waals surface area contributed by atoms with Crippen molar-refractivity contribution in [2.24, 2.45) is 10.9 Å². The Morgan fingerprint density at radius 3 is 2.89 bits per heavy atom. The third-order valence-corrected chi connectivity index (χ3v) is 3.28. The van der Waals surface area contributed by atoms with E-state index in [2.05, 4.69) is 15.5 Å². The summed E-state index contributed by atoms with van der Waals surface area (Å²) in [5, 5.41) is 16.1. The van der Waals surface area contributed by atoms with Gasteiger partial charge in [-0.15, -0.1) is 11.3 Å². The van der Waals surface area contributed by atoms with E-state index in [9.17, 15) is 4.79 Å². The van der Waals surface area contributed by atoms with E-state index in [1.807, 2.05) is 17.5 Å². The Morgan fingerprint density at radius 1 is 1.47 bits per heavy atom. The zero-order valence-electron chi connectivity index (χ0n) is 9.91. The van der Waals surface area contributed by atoms with E-state index in [1.165, 1.54) is 12.3 Å². The highest BCUT2D eigenvalue weighted by molar-refractivity contribution is 7.09. The van der Waals surface area contributed by atoms with Crippen LogP contribution in [-0.4, -0.2) is 21.9 Å². The van der Waals surface area contributed by atoms with Crippen LogP contribution in [0, 0.1) is 0 Å². The van der Waals surface area contributed by atoms with E-state index >= 15 is 0 Å². The number of aromatic nitrogens is 1. The van der Waals surface area contributed by atoms with Crippen molar-refractivity contribution < 1.29 is 10.0 Å². The zero-order valence-corrected chi connectivity index (χ0v) is 10.7. The molecule has 0 saturated heterocycles. The highest BCUT2D eigenvalue weighted by Crippen LogP contribution is 2.08. The van der Waals surface area contributed by atoms with Crippen molar-refractivity contribution >= 4 is 23.1 Å². The van der Waals surface area contributed by atoms with E-state index < -0.39 is 0 Å². The van der Waals surface area contributed by atoms with E-state index in [0.717, 1.165) is 4.88 Å². The quantitative estimate of drug-likeness (QED) is 0.338. The Balaban J connectivity index is 1.99. The summed E-state index contributed by atoms with van der Waals surface area (Å²) in [6.45, 7) is 0.472. The molecule has 2 heterocycles. The molecular formula is C12H12N4O2S. The van der Waals surface area contributed by atoms with Gasteiger partial charge in [0, 0.05) is 16.6 Å². The van der Waals surface area contributed by atoms with Crippen molar-refractivity contribution in [1.29, 1.82) is 0 Å². The lowest BCUT2D eigenvalue weighted by Crippen LogP contribution is -2.23. The first kappa shape index (κ1) is 13.0. The van der Waals surface area contributed by atoms with Crippen molar-refractivity contribution in [2.45, 2.75) is 6.54 Å². The summed E-state index contributed by atoms with van der Waals surface area (Å²) in [4.78, 5) is 16.8. The molecule has 0 radical (unpaired) electrons. The van der Waals surface area contributed by atoms with Crippen LogP contribution in [-0.2, 0) is 6.54 Å². The molecule has 0 atom stereocenters. The number of oxime groups is 1. The normalized spacial score (nSPS) is 11.3. The Morgan fingerprint density at radius 2 is 2.32 bits per heavy atom. The first-order valence-electron chi connectivity index (χ1n) is 5.45. The number of thiophene rings is 1. The van der Waals surface area contributed by atoms with E-state index in [0.29, 0.717) is 12.1 Å². The summed E-state index contributed by atoms with van der Waals surface area (Å²) in [6.07, 6.45) is 1.38. The van der Waals surface area contributed by atoms with Crippen LogP contribution in [0.15, 0.2) is 41.0 Å². The predicted molar refractivity (Wildman–Crippen MR) is 72.2 cm³/mol. The second-order valence-corrected chi connectivity index (χ2v) is 4.71. The fourth-order valence-corrected chi connectivity index (χ4v) is 2.05. The summed E-state index contributed by atoms with van der Waals surface area (Å²) in [5.41, 5.74) is 6.14. The average molecular weight is 276 g/mol. The number of nitrogens with zero attached hydrogens (tertiary/aromatic N) is 2. The van der Waals surface area contributed by atoms with Gasteiger partial charge < -0.3 is 16.3 Å². The molecular weight excluding hydrogens is 264 g/mol. The molecule has 98 valence electrons. The fraction of sp³-hybridized carbons (Fsp3) is 0.0833. The van der Waals surface area contributed by atoms with Crippen molar-refractivity contribution in [2.75, 3.05) is 0 Å². The van der Waals surface area contributed by atoms with Crippen LogP contribution in [0.2, 0.25) is 0 Å². The molecule has 0 aliphatic rings. The maximum Gasteiger partial charge on any atom is 0.270 e. The Bertz CT molecular complexity index is 578. The lowest BCUT2D eigenvalue weighted by Gasteiger charge is -2.04. The SMILES string of the molecule is NC(=NO)c1ccc(C(=O)NCc2cccs2)nc1. The molecule has 2 aromatic heterocycles. The second-order valence-electron chi connectivity index (χ2n) is 3.68. The van der Waals surface area contributed by atoms with Crippen molar-refractivity contribution in [3.8, 4) is 0 Å². The van der Waals surface area contributed by atoms with Crippen molar-refractivity contribution in [1.82, 2.24) is 10.3 Å². The molecule has 0 fully saturated rings. The summed E-state index contributed by atoms with van der Waals surface area (Å²) >= 11 is 1.57. The van der Waals surface area contributed by atoms with Crippen LogP contribution >= 0.6 is 11.3 Å². The monoisotopic (exact) mass is 276 g/mol. The molecule has 0 bridgehead atoms. The number of carbonyl (C=O) groups excluding carboxylic acids is 1. The number of pyridine rings is 1. The lowest BCUT2D eigenvalue weighted by atomic mass is 10.2. The van der Waals surface area contributed by atoms with Gasteiger partial charge in [-0.25, -0.2) is 0 Å². The standard InChI is InChI=1S/C12H12N4O2S/c13-11(16-18)8-3-4-10(14-6-8)12(17)15-7-9-2-1-5-19-9/h1-6,18H,7H2,(H2,13,16)(H,15,17). The zero-order chi connectivity index (χ0) is 13.7. The van der Waals surface area contributed by atoms with Crippen LogP contribution in [0.5, 0.6) is 0 Å². The van der Waals surface area contributed by atoms with Gasteiger partial charge in [0.05, 0.1) is 6.54 Å². The van der Waals surface area contributed by atoms with Gasteiger partial charge in [0.25, 0.3) is 5.91 Å². The molecule has 1 amide bonds. The molecule has 0 aliphatic carbocycles. The molecule has 0 aromatic carbocycles. The lowest BCUT2D eigenvalue weighted by molar-refractivity contribution is 0.0946. The minimum atomic E-state index is -0.264. The largest absolute Gasteiger partial charge is 0.409 e. The summed E-state index contributed by atoms with van der Waals surface area (Å²) in [6, 6.07) is 6.97. The van der Waals surface area contributed by atoms with Crippen molar-refractivity contribution in [3.05, 3.63) is 52.0 Å². The van der Waals surface area contributed by atoms with Gasteiger partial charge in [-0.05, 0) is 23.6 Å². The molecule has 7 heteroatoms. The third kappa shape index (κ3) is 3.29. The maximum atomic E-state index is 11.8. The van der Waals surface area contributed by atoms with Gasteiger partial charge in [-0.1, -0.05) is 11.2 Å². The fourth-order valence-electron chi connectivity index (χ4n) is 1.41. The Labute approximate surface area is 113 Å². The Hall–Kier alpha value is -2.41. The van der Waals surface area contributed by atoms with E-state index in [1.54, 1.807) is 17.4 Å². The molecule has 0 unspecified atom stereocenters. The molecule has 0 saturated carbocycles. The third-order valence-electron chi connectivity index (χ3n) is 2.40. The molecule has 2 aromatic rings. The minimum Gasteiger partial charge on any atom is -0.409 e.